The van der Waals surface area contributed by atoms with Crippen molar-refractivity contribution in [1.29, 1.82) is 0 Å². The van der Waals surface area contributed by atoms with Gasteiger partial charge in [-0.25, -0.2) is 4.99 Å². The van der Waals surface area contributed by atoms with Gasteiger partial charge < -0.3 is 5.32 Å². The Morgan fingerprint density at radius 3 is 2.07 bits per heavy atom. The van der Waals surface area contributed by atoms with Crippen LogP contribution in [0.4, 0.5) is 0 Å². The second kappa shape index (κ2) is 4.55. The number of rotatable bonds is 4. The second-order valence-electron chi connectivity index (χ2n) is 5.09. The Morgan fingerprint density at radius 1 is 1.27 bits per heavy atom. The van der Waals surface area contributed by atoms with Gasteiger partial charge in [0, 0.05) is 17.9 Å². The van der Waals surface area contributed by atoms with Crippen LogP contribution >= 0.6 is 0 Å². The van der Waals surface area contributed by atoms with E-state index < -0.39 is 11.0 Å². The molecular weight excluding hydrogens is 192 g/mol. The summed E-state index contributed by atoms with van der Waals surface area (Å²) in [7, 11) is 0. The number of nitrogens with one attached hydrogen (secondary N) is 1. The number of carbonyl (C=O) groups is 2. The van der Waals surface area contributed by atoms with Gasteiger partial charge in [0.05, 0.1) is 0 Å². The summed E-state index contributed by atoms with van der Waals surface area (Å²) in [5, 5.41) is 2.80. The number of amides is 2. The van der Waals surface area contributed by atoms with E-state index in [1.807, 2.05) is 13.8 Å². The molecule has 0 aliphatic heterocycles. The molecule has 15 heavy (non-hydrogen) atoms. The van der Waals surface area contributed by atoms with Crippen LogP contribution in [0.1, 0.15) is 41.0 Å². The maximum absolute atomic E-state index is 11.5. The van der Waals surface area contributed by atoms with E-state index in [-0.39, 0.29) is 11.8 Å². The molecule has 1 N–H and O–H groups in total. The Morgan fingerprint density at radius 2 is 1.73 bits per heavy atom. The topological polar surface area (TPSA) is 58.5 Å². The maximum atomic E-state index is 11.5. The fraction of sp³-hybridized carbons (Fsp3) is 0.727. The molecule has 0 aromatic rings. The fourth-order valence-electron chi connectivity index (χ4n) is 1.92. The Hall–Kier alpha value is -1.19. The number of nitrogens with zero attached hydrogens (tertiary/aromatic N) is 1. The molecule has 0 rings (SSSR count). The zero-order valence-corrected chi connectivity index (χ0v) is 10.2. The molecule has 0 radical (unpaired) electrons. The van der Waals surface area contributed by atoms with Crippen LogP contribution < -0.4 is 5.32 Å². The van der Waals surface area contributed by atoms with Crippen LogP contribution in [0.25, 0.3) is 0 Å². The first-order valence-electron chi connectivity index (χ1n) is 4.91. The smallest absolute Gasteiger partial charge is 0.250 e. The van der Waals surface area contributed by atoms with Crippen molar-refractivity contribution in [3.63, 3.8) is 0 Å². The Labute approximate surface area is 91.2 Å². The zero-order chi connectivity index (χ0) is 12.3. The summed E-state index contributed by atoms with van der Waals surface area (Å²) >= 11 is 0. The van der Waals surface area contributed by atoms with E-state index in [4.69, 9.17) is 0 Å². The predicted octanol–water partition coefficient (Wildman–Crippen LogP) is 1.54. The Kier molecular flexibility index (Phi) is 4.19. The number of hydrogen-bond donors (Lipinski definition) is 1. The van der Waals surface area contributed by atoms with Crippen molar-refractivity contribution in [3.05, 3.63) is 0 Å². The molecule has 4 nitrogen and oxygen atoms in total. The fourth-order valence-corrected chi connectivity index (χ4v) is 1.92. The lowest BCUT2D eigenvalue weighted by molar-refractivity contribution is -0.128. The third-order valence-electron chi connectivity index (χ3n) is 2.12. The van der Waals surface area contributed by atoms with Gasteiger partial charge in [0.25, 0.3) is 5.91 Å². The third-order valence-corrected chi connectivity index (χ3v) is 2.12. The zero-order valence-electron chi connectivity index (χ0n) is 10.2. The van der Waals surface area contributed by atoms with Gasteiger partial charge in [-0.2, -0.15) is 0 Å². The molecular formula is C11H20N2O2. The van der Waals surface area contributed by atoms with Gasteiger partial charge in [-0.1, -0.05) is 13.8 Å². The third kappa shape index (κ3) is 4.72. The second-order valence-corrected chi connectivity index (χ2v) is 5.09. The molecule has 86 valence electrons. The number of hydrogen-bond acceptors (Lipinski definition) is 2. The van der Waals surface area contributed by atoms with E-state index in [9.17, 15) is 9.59 Å². The molecule has 2 amide bonds. The molecule has 0 saturated heterocycles. The lowest BCUT2D eigenvalue weighted by atomic mass is 9.79. The highest BCUT2D eigenvalue weighted by Crippen LogP contribution is 2.29. The normalized spacial score (nSPS) is 12.1. The summed E-state index contributed by atoms with van der Waals surface area (Å²) in [5.41, 5.74) is -1.02. The number of carbonyl (C=O) groups excluding carboxylic acids is 2. The average molecular weight is 212 g/mol. The van der Waals surface area contributed by atoms with Crippen molar-refractivity contribution in [2.45, 2.75) is 46.6 Å². The first-order valence-corrected chi connectivity index (χ1v) is 4.91. The summed E-state index contributed by atoms with van der Waals surface area (Å²) < 4.78 is 0. The van der Waals surface area contributed by atoms with Crippen LogP contribution in [0.3, 0.4) is 0 Å². The van der Waals surface area contributed by atoms with Crippen molar-refractivity contribution in [1.82, 2.24) is 5.32 Å². The maximum Gasteiger partial charge on any atom is 0.250 e. The van der Waals surface area contributed by atoms with Crippen molar-refractivity contribution in [2.24, 2.45) is 10.4 Å². The van der Waals surface area contributed by atoms with Crippen LogP contribution in [0.15, 0.2) is 4.99 Å². The van der Waals surface area contributed by atoms with E-state index in [2.05, 4.69) is 17.0 Å². The van der Waals surface area contributed by atoms with Gasteiger partial charge in [-0.3, -0.25) is 9.59 Å². The quantitative estimate of drug-likeness (QED) is 0.719. The lowest BCUT2D eigenvalue weighted by Gasteiger charge is -2.33. The Balaban J connectivity index is 4.63. The van der Waals surface area contributed by atoms with Crippen LogP contribution in [-0.4, -0.2) is 24.1 Å². The van der Waals surface area contributed by atoms with E-state index >= 15 is 0 Å². The van der Waals surface area contributed by atoms with Crippen LogP contribution in [0, 0.1) is 5.41 Å². The van der Waals surface area contributed by atoms with Crippen molar-refractivity contribution >= 4 is 18.5 Å². The van der Waals surface area contributed by atoms with E-state index in [1.54, 1.807) is 13.8 Å². The van der Waals surface area contributed by atoms with E-state index in [0.29, 0.717) is 6.42 Å². The molecule has 0 atom stereocenters. The van der Waals surface area contributed by atoms with Gasteiger partial charge in [-0.15, -0.1) is 0 Å². The minimum absolute atomic E-state index is 0.102. The summed E-state index contributed by atoms with van der Waals surface area (Å²) in [6.45, 7) is 12.1. The molecule has 0 aromatic carbocycles. The summed E-state index contributed by atoms with van der Waals surface area (Å²) in [6.07, 6.45) is 0.525. The van der Waals surface area contributed by atoms with Crippen LogP contribution in [-0.2, 0) is 9.59 Å². The first-order chi connectivity index (χ1) is 6.60. The summed E-state index contributed by atoms with van der Waals surface area (Å²) in [6, 6.07) is 0. The van der Waals surface area contributed by atoms with Gasteiger partial charge >= 0.3 is 0 Å². The predicted molar refractivity (Wildman–Crippen MR) is 60.8 cm³/mol. The molecule has 0 saturated carbocycles. The minimum Gasteiger partial charge on any atom is -0.351 e. The van der Waals surface area contributed by atoms with Gasteiger partial charge in [0.15, 0.2) is 0 Å². The van der Waals surface area contributed by atoms with Crippen LogP contribution in [0.5, 0.6) is 0 Å². The molecule has 0 aliphatic carbocycles. The molecule has 0 heterocycles. The molecule has 0 aromatic heterocycles. The average Bonchev–Trinajstić information content (AvgIpc) is 1.97. The highest BCUT2D eigenvalue weighted by molar-refractivity contribution is 5.85. The SMILES string of the molecule is C=NC(=O)C(C)(C)CC(C)(C)NC(C)=O. The van der Waals surface area contributed by atoms with Crippen molar-refractivity contribution in [2.75, 3.05) is 0 Å². The van der Waals surface area contributed by atoms with Gasteiger partial charge in [0.2, 0.25) is 5.91 Å². The van der Waals surface area contributed by atoms with Gasteiger partial charge in [-0.05, 0) is 27.0 Å². The molecule has 0 fully saturated rings. The van der Waals surface area contributed by atoms with Crippen LogP contribution in [0.2, 0.25) is 0 Å². The lowest BCUT2D eigenvalue weighted by Crippen LogP contribution is -2.46. The van der Waals surface area contributed by atoms with Crippen molar-refractivity contribution < 1.29 is 9.59 Å². The highest BCUT2D eigenvalue weighted by Gasteiger charge is 2.34. The van der Waals surface area contributed by atoms with E-state index in [1.165, 1.54) is 6.92 Å². The van der Waals surface area contributed by atoms with Gasteiger partial charge in [0.1, 0.15) is 0 Å². The van der Waals surface area contributed by atoms with Crippen molar-refractivity contribution in [3.8, 4) is 0 Å². The highest BCUT2D eigenvalue weighted by atomic mass is 16.2. The monoisotopic (exact) mass is 212 g/mol. The standard InChI is InChI=1S/C11H20N2O2/c1-8(14)13-11(4,5)7-10(2,3)9(15)12-6/h6-7H2,1-5H3,(H,13,14). The number of aliphatic imine (C=N–C) groups is 1. The largest absolute Gasteiger partial charge is 0.351 e. The summed E-state index contributed by atoms with van der Waals surface area (Å²) in [5.74, 6) is -0.351. The Bertz CT molecular complexity index is 280. The molecule has 0 aliphatic rings. The molecule has 0 spiro atoms. The minimum atomic E-state index is -0.603. The molecule has 0 bridgehead atoms. The molecule has 4 heteroatoms. The van der Waals surface area contributed by atoms with E-state index in [0.717, 1.165) is 0 Å². The first kappa shape index (κ1) is 13.8. The summed E-state index contributed by atoms with van der Waals surface area (Å²) in [4.78, 5) is 25.8. The molecule has 0 unspecified atom stereocenters.